The van der Waals surface area contributed by atoms with Gasteiger partial charge in [-0.1, -0.05) is 60.1 Å². The maximum absolute atomic E-state index is 14.9. The Kier molecular flexibility index (Phi) is 17.1. The molecule has 24 heteroatoms. The summed E-state index contributed by atoms with van der Waals surface area (Å²) in [5.74, 6) is -8.78. The molecule has 0 unspecified atom stereocenters. The van der Waals surface area contributed by atoms with E-state index in [0.29, 0.717) is 34.3 Å². The predicted molar refractivity (Wildman–Crippen MR) is 258 cm³/mol. The number of carbonyl (C=O) groups is 9. The highest BCUT2D eigenvalue weighted by atomic mass is 16.4. The number of fused-ring (bicyclic) bond motifs is 13. The number of carboxylic acid groups (broad SMARTS) is 1. The van der Waals surface area contributed by atoms with Gasteiger partial charge in [-0.15, -0.1) is 0 Å². The van der Waals surface area contributed by atoms with Gasteiger partial charge in [0.05, 0.1) is 12.2 Å². The van der Waals surface area contributed by atoms with Gasteiger partial charge in [0.25, 0.3) is 0 Å². The maximum Gasteiger partial charge on any atom is 0.326 e. The zero-order chi connectivity index (χ0) is 51.8. The number of nitrogens with two attached hydrogens (primary N) is 2. The predicted octanol–water partition coefficient (Wildman–Crippen LogP) is -1.65. The fraction of sp³-hybridized carbons (Fsp3) is 0.553. The number of carboxylic acids is 1. The molecule has 7 bridgehead atoms. The molecule has 384 valence electrons. The molecule has 0 saturated carbocycles. The van der Waals surface area contributed by atoms with Crippen molar-refractivity contribution in [2.75, 3.05) is 13.1 Å². The maximum atomic E-state index is 14.9. The molecule has 7 rings (SSSR count). The van der Waals surface area contributed by atoms with Crippen molar-refractivity contribution in [2.24, 2.45) is 34.2 Å². The smallest absolute Gasteiger partial charge is 0.326 e. The molecular formula is C47H66N14O10. The van der Waals surface area contributed by atoms with Crippen molar-refractivity contribution in [3.05, 3.63) is 47.5 Å². The van der Waals surface area contributed by atoms with Gasteiger partial charge in [0, 0.05) is 54.4 Å². The van der Waals surface area contributed by atoms with Gasteiger partial charge in [-0.2, -0.15) is 0 Å². The first-order valence-corrected chi connectivity index (χ1v) is 24.0. The Morgan fingerprint density at radius 3 is 2.20 bits per heavy atom. The molecule has 4 aliphatic rings. The minimum absolute atomic E-state index is 0.0336. The summed E-state index contributed by atoms with van der Waals surface area (Å²) < 4.78 is 1.58. The van der Waals surface area contributed by atoms with Gasteiger partial charge in [0.15, 0.2) is 5.96 Å². The molecule has 4 aliphatic heterocycles. The summed E-state index contributed by atoms with van der Waals surface area (Å²) in [5, 5.41) is 32.4. The molecule has 71 heavy (non-hydrogen) atoms. The summed E-state index contributed by atoms with van der Waals surface area (Å²) in [4.78, 5) is 136. The van der Waals surface area contributed by atoms with Crippen LogP contribution in [-0.4, -0.2) is 134 Å². The number of guanidine groups is 1. The van der Waals surface area contributed by atoms with E-state index in [-0.39, 0.29) is 68.5 Å². The summed E-state index contributed by atoms with van der Waals surface area (Å²) in [7, 11) is 0. The third kappa shape index (κ3) is 12.8. The van der Waals surface area contributed by atoms with E-state index in [2.05, 4.69) is 57.5 Å². The van der Waals surface area contributed by atoms with Crippen LogP contribution in [0.5, 0.6) is 0 Å². The lowest BCUT2D eigenvalue weighted by Gasteiger charge is -2.34. The van der Waals surface area contributed by atoms with E-state index < -0.39 is 114 Å². The summed E-state index contributed by atoms with van der Waals surface area (Å²) in [6.07, 6.45) is 3.42. The van der Waals surface area contributed by atoms with Gasteiger partial charge in [-0.05, 0) is 48.6 Å². The SMILES string of the molecule is CC[C@H](C)[C@@H]1NC(=O)[C@H](NC(=O)[C@@H]2CCC(=O)N2)[C@H](C(C)C)c2ccc3c4c([nH]c3c2)-n2cnc(c2)C[C@H](C(=O)O)NC(=O)CNC(=O)[C@H](CCCN=C(N)N)NC(=O)[C@H](C4)NC(=O)[C@@H](C(C)C)NC1=O. The van der Waals surface area contributed by atoms with Crippen molar-refractivity contribution in [1.82, 2.24) is 57.1 Å². The fourth-order valence-corrected chi connectivity index (χ4v) is 9.22. The highest BCUT2D eigenvalue weighted by molar-refractivity contribution is 5.99. The van der Waals surface area contributed by atoms with Crippen molar-refractivity contribution in [1.29, 1.82) is 0 Å². The first-order valence-electron chi connectivity index (χ1n) is 24.0. The van der Waals surface area contributed by atoms with Gasteiger partial charge in [-0.25, -0.2) is 9.78 Å². The van der Waals surface area contributed by atoms with Crippen molar-refractivity contribution < 1.29 is 48.3 Å². The van der Waals surface area contributed by atoms with Crippen LogP contribution in [0.4, 0.5) is 0 Å². The Hall–Kier alpha value is -7.53. The number of aliphatic carboxylic acids is 1. The lowest BCUT2D eigenvalue weighted by molar-refractivity contribution is -0.141. The standard InChI is InChI=1S/C47H66N14O10/c1-7-23(6)37-44(68)58-36(22(4)5)43(67)57-31-17-27-26-11-10-24(35(21(2)3)38(45(69)59-37)60-41(65)29-12-13-33(62)53-29)15-30(26)55-39(27)61-19-25(52-20-61)16-32(46(70)71)54-34(63)18-51-40(64)28(56-42(31)66)9-8-14-50-47(48)49/h10-11,15,19-23,28-29,31-32,35-38,55H,7-9,12-14,16-18H2,1-6H3,(H,51,64)(H,53,62)(H,54,63)(H,56,66)(H,57,67)(H,58,68)(H,59,69)(H,60,65)(H,70,71)(H4,48,49,50)/t23-,28-,29-,31-,32+,35+,36+,37-,38+/m0/s1. The molecule has 24 nitrogen and oxygen atoms in total. The van der Waals surface area contributed by atoms with Crippen LogP contribution in [0.2, 0.25) is 0 Å². The quantitative estimate of drug-likeness (QED) is 0.0444. The monoisotopic (exact) mass is 987 g/mol. The van der Waals surface area contributed by atoms with Crippen molar-refractivity contribution in [3.63, 3.8) is 0 Å². The van der Waals surface area contributed by atoms with E-state index in [1.807, 2.05) is 20.8 Å². The molecule has 8 amide bonds. The molecule has 0 aliphatic carbocycles. The molecule has 1 saturated heterocycles. The molecule has 0 spiro atoms. The number of benzene rings is 1. The number of nitrogens with zero attached hydrogens (tertiary/aromatic N) is 3. The minimum atomic E-state index is -1.46. The third-order valence-corrected chi connectivity index (χ3v) is 13.3. The molecular weight excluding hydrogens is 921 g/mol. The second-order valence-electron chi connectivity index (χ2n) is 19.2. The molecule has 0 radical (unpaired) electrons. The second-order valence-corrected chi connectivity index (χ2v) is 19.2. The average molecular weight is 987 g/mol. The molecule has 3 aromatic rings. The molecule has 9 atom stereocenters. The van der Waals surface area contributed by atoms with Crippen LogP contribution in [0.3, 0.4) is 0 Å². The fourth-order valence-electron chi connectivity index (χ4n) is 9.22. The number of hydrogen-bond acceptors (Lipinski definition) is 11. The van der Waals surface area contributed by atoms with Crippen LogP contribution in [0.15, 0.2) is 35.7 Å². The second kappa shape index (κ2) is 22.9. The van der Waals surface area contributed by atoms with Crippen LogP contribution < -0.4 is 54.0 Å². The van der Waals surface area contributed by atoms with Gasteiger partial charge in [0.2, 0.25) is 47.3 Å². The number of carbonyl (C=O) groups excluding carboxylic acids is 8. The van der Waals surface area contributed by atoms with Gasteiger partial charge in [-0.3, -0.25) is 47.9 Å². The number of H-pyrrole nitrogens is 1. The molecule has 1 aromatic carbocycles. The number of hydrogen-bond donors (Lipinski definition) is 12. The van der Waals surface area contributed by atoms with Crippen molar-refractivity contribution in [3.8, 4) is 5.82 Å². The van der Waals surface area contributed by atoms with E-state index in [1.165, 1.54) is 6.33 Å². The van der Waals surface area contributed by atoms with Crippen LogP contribution in [0, 0.1) is 17.8 Å². The molecule has 1 fully saturated rings. The van der Waals surface area contributed by atoms with E-state index in [0.717, 1.165) is 0 Å². The zero-order valence-electron chi connectivity index (χ0n) is 40.7. The first-order chi connectivity index (χ1) is 33.6. The summed E-state index contributed by atoms with van der Waals surface area (Å²) in [6, 6.07) is -3.51. The van der Waals surface area contributed by atoms with Crippen LogP contribution >= 0.6 is 0 Å². The summed E-state index contributed by atoms with van der Waals surface area (Å²) in [6.45, 7) is 10.2. The van der Waals surface area contributed by atoms with Crippen LogP contribution in [-0.2, 0) is 56.0 Å². The van der Waals surface area contributed by atoms with Crippen molar-refractivity contribution in [2.45, 2.75) is 135 Å². The third-order valence-electron chi connectivity index (χ3n) is 13.3. The van der Waals surface area contributed by atoms with Gasteiger partial charge < -0.3 is 64.1 Å². The zero-order valence-corrected chi connectivity index (χ0v) is 40.7. The van der Waals surface area contributed by atoms with Gasteiger partial charge in [0.1, 0.15) is 54.4 Å². The van der Waals surface area contributed by atoms with Crippen LogP contribution in [0.25, 0.3) is 16.7 Å². The number of nitrogens with one attached hydrogen (secondary N) is 9. The Labute approximate surface area is 409 Å². The Bertz CT molecular complexity index is 2570. The van der Waals surface area contributed by atoms with E-state index >= 15 is 0 Å². The topological polar surface area (TPSA) is 368 Å². The number of amides is 8. The number of aliphatic imine (C=N–C) groups is 1. The normalized spacial score (nSPS) is 25.3. The van der Waals surface area contributed by atoms with Crippen molar-refractivity contribution >= 4 is 70.1 Å². The highest BCUT2D eigenvalue weighted by Crippen LogP contribution is 2.35. The average Bonchev–Trinajstić information content (AvgIpc) is 4.06. The molecule has 2 aromatic heterocycles. The summed E-state index contributed by atoms with van der Waals surface area (Å²) in [5.41, 5.74) is 12.8. The first kappa shape index (κ1) is 52.8. The number of imidazole rings is 1. The number of aromatic amines is 1. The Balaban J connectivity index is 1.57. The Morgan fingerprint density at radius 2 is 1.55 bits per heavy atom. The minimum Gasteiger partial charge on any atom is -0.480 e. The van der Waals surface area contributed by atoms with E-state index in [1.54, 1.807) is 49.7 Å². The number of aromatic nitrogens is 3. The Morgan fingerprint density at radius 1 is 0.845 bits per heavy atom. The van der Waals surface area contributed by atoms with Crippen LogP contribution in [0.1, 0.15) is 96.4 Å². The lowest BCUT2D eigenvalue weighted by Crippen LogP contribution is -2.62. The highest BCUT2D eigenvalue weighted by Gasteiger charge is 2.41. The number of rotatable bonds is 11. The van der Waals surface area contributed by atoms with Gasteiger partial charge >= 0.3 is 5.97 Å². The summed E-state index contributed by atoms with van der Waals surface area (Å²) >= 11 is 0. The lowest BCUT2D eigenvalue weighted by atomic mass is 9.81. The molecule has 6 heterocycles. The van der Waals surface area contributed by atoms with E-state index in [9.17, 15) is 48.3 Å². The largest absolute Gasteiger partial charge is 0.480 e. The molecule has 14 N–H and O–H groups in total. The van der Waals surface area contributed by atoms with E-state index in [4.69, 9.17) is 11.5 Å².